The van der Waals surface area contributed by atoms with Crippen molar-refractivity contribution in [1.82, 2.24) is 9.36 Å². The number of aryl methyl sites for hydroxylation is 2. The minimum Gasteiger partial charge on any atom is -0.363 e. The van der Waals surface area contributed by atoms with E-state index >= 15 is 0 Å². The van der Waals surface area contributed by atoms with Crippen LogP contribution in [0.3, 0.4) is 0 Å². The summed E-state index contributed by atoms with van der Waals surface area (Å²) in [5.74, 6) is 0.923. The molecular formula is C26H27N9S3. The van der Waals surface area contributed by atoms with Gasteiger partial charge >= 0.3 is 0 Å². The monoisotopic (exact) mass is 561 g/mol. The van der Waals surface area contributed by atoms with Crippen molar-refractivity contribution in [3.8, 4) is 0 Å². The maximum absolute atomic E-state index is 4.44. The zero-order valence-electron chi connectivity index (χ0n) is 21.4. The van der Waals surface area contributed by atoms with Crippen LogP contribution in [0.1, 0.15) is 30.9 Å². The average Bonchev–Trinajstić information content (AvgIpc) is 3.69. The highest BCUT2D eigenvalue weighted by molar-refractivity contribution is 7.99. The zero-order chi connectivity index (χ0) is 26.3. The molecule has 38 heavy (non-hydrogen) atoms. The second kappa shape index (κ2) is 12.5. The molecule has 1 aliphatic rings. The smallest absolute Gasteiger partial charge is 0.250 e. The van der Waals surface area contributed by atoms with Crippen molar-refractivity contribution in [2.45, 2.75) is 38.8 Å². The number of rotatable bonds is 9. The largest absolute Gasteiger partial charge is 0.363 e. The molecule has 9 nitrogen and oxygen atoms in total. The van der Waals surface area contributed by atoms with E-state index < -0.39 is 0 Å². The number of aromatic nitrogens is 2. The van der Waals surface area contributed by atoms with Gasteiger partial charge in [0.1, 0.15) is 5.00 Å². The maximum atomic E-state index is 4.44. The minimum absolute atomic E-state index is 0.546. The summed E-state index contributed by atoms with van der Waals surface area (Å²) >= 11 is 4.51. The number of anilines is 1. The molecule has 5 rings (SSSR count). The summed E-state index contributed by atoms with van der Waals surface area (Å²) in [4.78, 5) is 6.76. The molecule has 0 aliphatic carbocycles. The van der Waals surface area contributed by atoms with Gasteiger partial charge in [0.15, 0.2) is 0 Å². The molecule has 0 N–H and O–H groups in total. The van der Waals surface area contributed by atoms with E-state index in [9.17, 15) is 0 Å². The zero-order valence-corrected chi connectivity index (χ0v) is 23.9. The highest BCUT2D eigenvalue weighted by Crippen LogP contribution is 2.35. The Morgan fingerprint density at radius 1 is 0.816 bits per heavy atom. The molecule has 2 aromatic carbocycles. The predicted molar refractivity (Wildman–Crippen MR) is 157 cm³/mol. The van der Waals surface area contributed by atoms with E-state index in [2.05, 4.69) is 57.9 Å². The van der Waals surface area contributed by atoms with Gasteiger partial charge < -0.3 is 4.90 Å². The summed E-state index contributed by atoms with van der Waals surface area (Å²) in [6.45, 7) is 8.29. The highest BCUT2D eigenvalue weighted by atomic mass is 32.2. The third kappa shape index (κ3) is 6.74. The van der Waals surface area contributed by atoms with Crippen LogP contribution in [-0.2, 0) is 0 Å². The van der Waals surface area contributed by atoms with Crippen molar-refractivity contribution >= 4 is 72.5 Å². The average molecular weight is 562 g/mol. The molecule has 1 fully saturated rings. The first-order chi connectivity index (χ1) is 18.6. The lowest BCUT2D eigenvalue weighted by Crippen LogP contribution is -2.15. The molecule has 1 aliphatic heterocycles. The Bertz CT molecular complexity index is 1480. The second-order valence-corrected chi connectivity index (χ2v) is 11.6. The Hall–Kier alpha value is -3.35. The number of benzene rings is 2. The van der Waals surface area contributed by atoms with Gasteiger partial charge in [0.05, 0.1) is 27.8 Å². The molecule has 0 unspecified atom stereocenters. The van der Waals surface area contributed by atoms with Crippen LogP contribution in [-0.4, -0.2) is 28.2 Å². The van der Waals surface area contributed by atoms with Crippen LogP contribution in [0, 0.1) is 13.8 Å². The molecule has 12 heteroatoms. The fourth-order valence-electron chi connectivity index (χ4n) is 3.85. The Morgan fingerprint density at radius 3 is 2.13 bits per heavy atom. The van der Waals surface area contributed by atoms with Gasteiger partial charge in [-0.2, -0.15) is 19.6 Å². The van der Waals surface area contributed by atoms with Crippen molar-refractivity contribution in [2.24, 2.45) is 30.7 Å². The minimum atomic E-state index is 0.546. The molecule has 2 aromatic heterocycles. The summed E-state index contributed by atoms with van der Waals surface area (Å²) in [6.07, 6.45) is 2.53. The summed E-state index contributed by atoms with van der Waals surface area (Å²) in [6, 6.07) is 15.7. The van der Waals surface area contributed by atoms with Crippen LogP contribution in [0.4, 0.5) is 37.9 Å². The van der Waals surface area contributed by atoms with Gasteiger partial charge in [-0.3, -0.25) is 0 Å². The number of thioether (sulfide) groups is 1. The van der Waals surface area contributed by atoms with Crippen LogP contribution in [0.15, 0.2) is 84.4 Å². The molecule has 1 saturated heterocycles. The first kappa shape index (κ1) is 26.3. The van der Waals surface area contributed by atoms with E-state index in [0.717, 1.165) is 62.9 Å². The van der Waals surface area contributed by atoms with Gasteiger partial charge in [-0.25, -0.2) is 0 Å². The Kier molecular flexibility index (Phi) is 8.61. The second-order valence-electron chi connectivity index (χ2n) is 8.64. The lowest BCUT2D eigenvalue weighted by Gasteiger charge is -2.13. The van der Waals surface area contributed by atoms with Crippen molar-refractivity contribution in [3.05, 3.63) is 59.7 Å². The molecule has 0 radical (unpaired) electrons. The molecule has 0 atom stereocenters. The third-order valence-electron chi connectivity index (χ3n) is 5.81. The van der Waals surface area contributed by atoms with Gasteiger partial charge in [-0.1, -0.05) is 30.0 Å². The van der Waals surface area contributed by atoms with Gasteiger partial charge in [0.25, 0.3) is 0 Å². The van der Waals surface area contributed by atoms with Crippen molar-refractivity contribution < 1.29 is 0 Å². The number of hydrogen-bond donors (Lipinski definition) is 0. The van der Waals surface area contributed by atoms with E-state index in [4.69, 9.17) is 0 Å². The van der Waals surface area contributed by atoms with Crippen molar-refractivity contribution in [1.29, 1.82) is 0 Å². The van der Waals surface area contributed by atoms with E-state index in [1.807, 2.05) is 56.3 Å². The normalized spacial score (nSPS) is 14.1. The van der Waals surface area contributed by atoms with E-state index in [-0.39, 0.29) is 0 Å². The van der Waals surface area contributed by atoms with Crippen LogP contribution in [0.5, 0.6) is 0 Å². The highest BCUT2D eigenvalue weighted by Gasteiger charge is 2.14. The maximum Gasteiger partial charge on any atom is 0.250 e. The summed E-state index contributed by atoms with van der Waals surface area (Å²) in [5.41, 5.74) is 5.01. The number of nitrogens with zero attached hydrogens (tertiary/aromatic N) is 9. The summed E-state index contributed by atoms with van der Waals surface area (Å²) in [7, 11) is 0. The molecule has 0 spiro atoms. The molecule has 4 aromatic rings. The van der Waals surface area contributed by atoms with Gasteiger partial charge in [0.2, 0.25) is 10.3 Å². The quantitative estimate of drug-likeness (QED) is 0.150. The van der Waals surface area contributed by atoms with Crippen molar-refractivity contribution in [3.63, 3.8) is 0 Å². The van der Waals surface area contributed by atoms with Crippen LogP contribution in [0.2, 0.25) is 0 Å². The number of thiophene rings is 1. The molecular weight excluding hydrogens is 535 g/mol. The van der Waals surface area contributed by atoms with E-state index in [1.165, 1.54) is 29.4 Å². The van der Waals surface area contributed by atoms with Crippen LogP contribution < -0.4 is 4.90 Å². The Labute approximate surface area is 234 Å². The first-order valence-electron chi connectivity index (χ1n) is 12.4. The molecule has 3 heterocycles. The molecule has 194 valence electrons. The molecule has 0 amide bonds. The van der Waals surface area contributed by atoms with Gasteiger partial charge in [-0.15, -0.1) is 20.5 Å². The lowest BCUT2D eigenvalue weighted by molar-refractivity contribution is 0.949. The van der Waals surface area contributed by atoms with E-state index in [1.54, 1.807) is 23.1 Å². The van der Waals surface area contributed by atoms with Crippen LogP contribution in [0.25, 0.3) is 0 Å². The Balaban J connectivity index is 1.21. The summed E-state index contributed by atoms with van der Waals surface area (Å²) in [5, 5.41) is 29.7. The number of azo groups is 3. The van der Waals surface area contributed by atoms with Gasteiger partial charge in [0, 0.05) is 24.6 Å². The fourth-order valence-corrected chi connectivity index (χ4v) is 5.93. The predicted octanol–water partition coefficient (Wildman–Crippen LogP) is 10.2. The molecule has 0 bridgehead atoms. The standard InChI is InChI=1S/C26H27N9S3/c1-4-36-26-27-25(38-34-26)33-31-22-10-7-19(15-18(22)3)28-30-21-9-8-20(16-17(21)2)29-32-23-11-12-24(37-23)35-13-5-6-14-35/h7-12,15-16H,4-6,13-14H2,1-3H3. The Morgan fingerprint density at radius 2 is 1.47 bits per heavy atom. The van der Waals surface area contributed by atoms with Crippen molar-refractivity contribution in [2.75, 3.05) is 23.7 Å². The first-order valence-corrected chi connectivity index (χ1v) is 14.9. The lowest BCUT2D eigenvalue weighted by atomic mass is 10.2. The third-order valence-corrected chi connectivity index (χ3v) is 8.28. The molecule has 0 saturated carbocycles. The summed E-state index contributed by atoms with van der Waals surface area (Å²) < 4.78 is 4.26. The SMILES string of the molecule is CCSc1nsc(N=Nc2ccc(N=Nc3ccc(N=Nc4ccc(N5CCCC5)s4)cc3C)cc2C)n1. The number of hydrogen-bond acceptors (Lipinski definition) is 12. The fraction of sp³-hybridized carbons (Fsp3) is 0.308. The van der Waals surface area contributed by atoms with E-state index in [0.29, 0.717) is 5.13 Å². The van der Waals surface area contributed by atoms with Crippen LogP contribution >= 0.6 is 34.6 Å². The van der Waals surface area contributed by atoms with Gasteiger partial charge in [-0.05, 0) is 92.1 Å². The topological polar surface area (TPSA) is 103 Å².